The van der Waals surface area contributed by atoms with Gasteiger partial charge in [0.2, 0.25) is 0 Å². The molecule has 0 bridgehead atoms. The normalized spacial score (nSPS) is 12.0. The molecule has 0 aliphatic carbocycles. The number of thiol groups is 1. The van der Waals surface area contributed by atoms with E-state index >= 15 is 0 Å². The molecular weight excluding hydrogens is 382 g/mol. The van der Waals surface area contributed by atoms with Gasteiger partial charge in [0.1, 0.15) is 10.7 Å². The quantitative estimate of drug-likeness (QED) is 0.416. The summed E-state index contributed by atoms with van der Waals surface area (Å²) < 4.78 is 43.6. The zero-order valence-corrected chi connectivity index (χ0v) is 15.3. The lowest BCUT2D eigenvalue weighted by Crippen LogP contribution is -2.29. The summed E-state index contributed by atoms with van der Waals surface area (Å²) in [5.74, 6) is -1.84. The van der Waals surface area contributed by atoms with Gasteiger partial charge in [0.25, 0.3) is 15.0 Å². The van der Waals surface area contributed by atoms with Gasteiger partial charge in [-0.3, -0.25) is 4.79 Å². The number of nitrogens with one attached hydrogen (secondary N) is 1. The second-order valence-corrected chi connectivity index (χ2v) is 9.67. The topological polar surface area (TPSA) is 124 Å². The Morgan fingerprint density at radius 1 is 1.25 bits per heavy atom. The highest BCUT2D eigenvalue weighted by Gasteiger charge is 2.24. The summed E-state index contributed by atoms with van der Waals surface area (Å²) in [5.41, 5.74) is 1.53. The van der Waals surface area contributed by atoms with Gasteiger partial charge in [0.05, 0.1) is 15.2 Å². The monoisotopic (exact) mass is 397 g/mol. The molecule has 1 aromatic rings. The maximum absolute atomic E-state index is 11.9. The molecule has 1 rings (SSSR count). The summed E-state index contributed by atoms with van der Waals surface area (Å²) in [6.07, 6.45) is -0.237. The molecule has 24 heavy (non-hydrogen) atoms. The zero-order chi connectivity index (χ0) is 18.5. The summed E-state index contributed by atoms with van der Waals surface area (Å²) in [7, 11) is -1.65. The number of hydrogen-bond acceptors (Lipinski definition) is 7. The Balaban J connectivity index is 2.70. The summed E-state index contributed by atoms with van der Waals surface area (Å²) in [6, 6.07) is 5.12. The number of hydroxylamine groups is 1. The molecule has 0 saturated carbocycles. The average molecular weight is 398 g/mol. The van der Waals surface area contributed by atoms with Crippen LogP contribution in [0.5, 0.6) is 0 Å². The molecule has 11 heteroatoms. The number of halogens is 1. The molecule has 1 aromatic carbocycles. The highest BCUT2D eigenvalue weighted by molar-refractivity contribution is 8.13. The fraction of sp³-hybridized carbons (Fsp3) is 0.385. The van der Waals surface area contributed by atoms with Gasteiger partial charge in [0.15, 0.2) is 0 Å². The summed E-state index contributed by atoms with van der Waals surface area (Å²) in [6.45, 7) is 2.90. The number of amides is 1. The first-order valence-corrected chi connectivity index (χ1v) is 10.1. The van der Waals surface area contributed by atoms with Crippen LogP contribution in [0.25, 0.3) is 0 Å². The number of carbonyl (C=O) groups excluding carboxylic acids is 2. The number of rotatable bonds is 6. The predicted molar refractivity (Wildman–Crippen MR) is 86.7 cm³/mol. The van der Waals surface area contributed by atoms with Crippen molar-refractivity contribution in [1.82, 2.24) is 5.48 Å². The first-order chi connectivity index (χ1) is 10.9. The fourth-order valence-electron chi connectivity index (χ4n) is 1.58. The van der Waals surface area contributed by atoms with E-state index in [1.54, 1.807) is 0 Å². The first-order valence-electron chi connectivity index (χ1n) is 6.63. The first kappa shape index (κ1) is 20.4. The van der Waals surface area contributed by atoms with Gasteiger partial charge < -0.3 is 4.84 Å². The van der Waals surface area contributed by atoms with E-state index in [0.717, 1.165) is 6.07 Å². The minimum atomic E-state index is -4.15. The molecule has 0 radical (unpaired) electrons. The zero-order valence-electron chi connectivity index (χ0n) is 12.8. The number of benzene rings is 1. The van der Waals surface area contributed by atoms with E-state index < -0.39 is 41.3 Å². The van der Waals surface area contributed by atoms with Crippen molar-refractivity contribution in [3.05, 3.63) is 29.8 Å². The molecule has 0 atom stereocenters. The molecule has 0 heterocycles. The van der Waals surface area contributed by atoms with Crippen molar-refractivity contribution in [2.24, 2.45) is 0 Å². The molecule has 0 unspecified atom stereocenters. The van der Waals surface area contributed by atoms with E-state index in [1.807, 2.05) is 5.48 Å². The summed E-state index contributed by atoms with van der Waals surface area (Å²) in [4.78, 5) is 27.6. The van der Waals surface area contributed by atoms with Crippen LogP contribution in [-0.2, 0) is 29.4 Å². The number of carbonyl (C=O) groups is 2. The third-order valence-corrected chi connectivity index (χ3v) is 5.68. The lowest BCUT2D eigenvalue weighted by Gasteiger charge is -2.15. The van der Waals surface area contributed by atoms with Crippen LogP contribution in [0.15, 0.2) is 29.2 Å². The largest absolute Gasteiger partial charge is 0.341 e. The molecule has 1 amide bonds. The molecule has 0 saturated heterocycles. The average Bonchev–Trinajstić information content (AvgIpc) is 2.49. The lowest BCUT2D eigenvalue weighted by atomic mass is 10.1. The molecule has 1 N–H and O–H groups in total. The molecular formula is C13H16ClNO7S2. The third-order valence-electron chi connectivity index (χ3n) is 3.09. The van der Waals surface area contributed by atoms with Crippen molar-refractivity contribution < 1.29 is 31.3 Å². The van der Waals surface area contributed by atoms with Gasteiger partial charge in [-0.2, -0.15) is 5.48 Å². The van der Waals surface area contributed by atoms with Crippen LogP contribution >= 0.6 is 10.7 Å². The van der Waals surface area contributed by atoms with Crippen LogP contribution in [-0.4, -0.2) is 33.5 Å². The molecule has 0 aliphatic heterocycles. The Morgan fingerprint density at radius 3 is 2.38 bits per heavy atom. The smallest absolute Gasteiger partial charge is 0.332 e. The standard InChI is InChI=1S/C13H16ClNO7S2/c1-13(2,23(18)19)8-7-11(16)22-15-12(17)9-5-3-4-6-10(9)24(14,20)21/h3-6,23H,7-8H2,1-2H3,(H,15,17). The minimum Gasteiger partial charge on any atom is -0.341 e. The highest BCUT2D eigenvalue weighted by Crippen LogP contribution is 2.20. The fourth-order valence-corrected chi connectivity index (χ4v) is 2.94. The van der Waals surface area contributed by atoms with E-state index in [0.29, 0.717) is 0 Å². The van der Waals surface area contributed by atoms with Crippen LogP contribution in [0.4, 0.5) is 0 Å². The maximum Gasteiger partial charge on any atom is 0.332 e. The van der Waals surface area contributed by atoms with E-state index in [2.05, 4.69) is 4.84 Å². The molecule has 8 nitrogen and oxygen atoms in total. The Labute approximate surface area is 145 Å². The Morgan fingerprint density at radius 2 is 1.83 bits per heavy atom. The van der Waals surface area contributed by atoms with Crippen LogP contribution in [0.2, 0.25) is 0 Å². The molecule has 0 spiro atoms. The van der Waals surface area contributed by atoms with Gasteiger partial charge in [-0.25, -0.2) is 21.6 Å². The van der Waals surface area contributed by atoms with Gasteiger partial charge in [-0.1, -0.05) is 12.1 Å². The summed E-state index contributed by atoms with van der Waals surface area (Å²) >= 11 is 0. The Bertz CT molecular complexity index is 807. The molecule has 134 valence electrons. The van der Waals surface area contributed by atoms with E-state index in [4.69, 9.17) is 10.7 Å². The van der Waals surface area contributed by atoms with Gasteiger partial charge in [0, 0.05) is 17.1 Å². The van der Waals surface area contributed by atoms with Crippen LogP contribution in [0.3, 0.4) is 0 Å². The van der Waals surface area contributed by atoms with E-state index in [9.17, 15) is 26.4 Å². The van der Waals surface area contributed by atoms with Gasteiger partial charge >= 0.3 is 5.97 Å². The second-order valence-electron chi connectivity index (χ2n) is 5.41. The lowest BCUT2D eigenvalue weighted by molar-refractivity contribution is -0.149. The van der Waals surface area contributed by atoms with Gasteiger partial charge in [-0.05, 0) is 32.4 Å². The van der Waals surface area contributed by atoms with E-state index in [1.165, 1.54) is 32.0 Å². The highest BCUT2D eigenvalue weighted by atomic mass is 35.7. The van der Waals surface area contributed by atoms with Crippen LogP contribution < -0.4 is 5.48 Å². The van der Waals surface area contributed by atoms with Crippen molar-refractivity contribution in [2.45, 2.75) is 36.3 Å². The van der Waals surface area contributed by atoms with Crippen molar-refractivity contribution in [3.8, 4) is 0 Å². The van der Waals surface area contributed by atoms with Crippen molar-refractivity contribution >= 4 is 42.3 Å². The van der Waals surface area contributed by atoms with Crippen molar-refractivity contribution in [1.29, 1.82) is 0 Å². The SMILES string of the molecule is CC(C)(CCC(=O)ONC(=O)c1ccccc1S(=O)(=O)Cl)[SH](=O)=O. The van der Waals surface area contributed by atoms with Crippen LogP contribution in [0, 0.1) is 0 Å². The molecule has 0 aliphatic rings. The third kappa shape index (κ3) is 5.77. The van der Waals surface area contributed by atoms with Crippen molar-refractivity contribution in [2.75, 3.05) is 0 Å². The second kappa shape index (κ2) is 7.95. The maximum atomic E-state index is 11.9. The Kier molecular flexibility index (Phi) is 6.76. The van der Waals surface area contributed by atoms with Gasteiger partial charge in [-0.15, -0.1) is 0 Å². The van der Waals surface area contributed by atoms with E-state index in [-0.39, 0.29) is 18.4 Å². The van der Waals surface area contributed by atoms with Crippen molar-refractivity contribution in [3.63, 3.8) is 0 Å². The number of hydrogen-bond donors (Lipinski definition) is 2. The summed E-state index contributed by atoms with van der Waals surface area (Å²) in [5, 5.41) is 0. The Hall–Kier alpha value is -1.65. The molecule has 0 aromatic heterocycles. The van der Waals surface area contributed by atoms with Crippen LogP contribution in [0.1, 0.15) is 37.0 Å². The minimum absolute atomic E-state index is 0.00700. The predicted octanol–water partition coefficient (Wildman–Crippen LogP) is 0.972. The molecule has 0 fully saturated rings.